The summed E-state index contributed by atoms with van der Waals surface area (Å²) in [5, 5.41) is 6.21. The Morgan fingerprint density at radius 1 is 1.53 bits per heavy atom. The van der Waals surface area contributed by atoms with Gasteiger partial charge in [0.1, 0.15) is 5.82 Å². The maximum Gasteiger partial charge on any atom is 0.347 e. The van der Waals surface area contributed by atoms with Crippen molar-refractivity contribution < 1.29 is 4.79 Å². The van der Waals surface area contributed by atoms with Gasteiger partial charge in [-0.05, 0) is 23.7 Å². The fraction of sp³-hybridized carbons (Fsp3) is 0. The summed E-state index contributed by atoms with van der Waals surface area (Å²) < 4.78 is 3.12. The molecule has 2 aromatic rings. The Labute approximate surface area is 88.9 Å². The number of aromatic nitrogens is 3. The highest BCUT2D eigenvalue weighted by molar-refractivity contribution is 7.02. The van der Waals surface area contributed by atoms with Crippen molar-refractivity contribution >= 4 is 23.4 Å². The number of hydrogen-bond donors (Lipinski definition) is 2. The number of aromatic amines is 1. The summed E-state index contributed by atoms with van der Waals surface area (Å²) in [7, 11) is 0. The maximum absolute atomic E-state index is 11.3. The van der Waals surface area contributed by atoms with Crippen molar-refractivity contribution in [2.75, 3.05) is 5.32 Å². The summed E-state index contributed by atoms with van der Waals surface area (Å²) in [4.78, 5) is 19.0. The van der Waals surface area contributed by atoms with Crippen molar-refractivity contribution in [2.24, 2.45) is 4.99 Å². The van der Waals surface area contributed by atoms with Crippen molar-refractivity contribution in [1.82, 2.24) is 14.6 Å². The summed E-state index contributed by atoms with van der Waals surface area (Å²) >= 11 is 1.18. The number of anilines is 1. The lowest BCUT2D eigenvalue weighted by Gasteiger charge is -1.97. The third-order valence-corrected chi connectivity index (χ3v) is 2.09. The van der Waals surface area contributed by atoms with E-state index in [0.29, 0.717) is 10.5 Å². The van der Waals surface area contributed by atoms with Gasteiger partial charge in [0.15, 0.2) is 4.67 Å². The Morgan fingerprint density at radius 3 is 3.13 bits per heavy atom. The molecule has 2 heterocycles. The van der Waals surface area contributed by atoms with Gasteiger partial charge in [-0.3, -0.25) is 5.32 Å². The van der Waals surface area contributed by atoms with Gasteiger partial charge >= 0.3 is 6.03 Å². The molecule has 76 valence electrons. The highest BCUT2D eigenvalue weighted by Crippen LogP contribution is 1.99. The fourth-order valence-electron chi connectivity index (χ4n) is 0.907. The topological polar surface area (TPSA) is 83.0 Å². The van der Waals surface area contributed by atoms with Gasteiger partial charge in [0.05, 0.1) is 6.20 Å². The van der Waals surface area contributed by atoms with Crippen LogP contribution < -0.4 is 9.99 Å². The first kappa shape index (κ1) is 9.53. The summed E-state index contributed by atoms with van der Waals surface area (Å²) in [5.74, 6) is 0.472. The highest BCUT2D eigenvalue weighted by Gasteiger charge is 1.99. The number of pyridine rings is 1. The van der Waals surface area contributed by atoms with E-state index in [2.05, 4.69) is 24.9 Å². The van der Waals surface area contributed by atoms with E-state index >= 15 is 0 Å². The number of hydrogen-bond acceptors (Lipinski definition) is 4. The quantitative estimate of drug-likeness (QED) is 0.753. The van der Waals surface area contributed by atoms with Gasteiger partial charge in [-0.15, -0.1) is 0 Å². The number of nitrogens with zero attached hydrogens (tertiary/aromatic N) is 3. The van der Waals surface area contributed by atoms with Crippen LogP contribution in [0.5, 0.6) is 0 Å². The molecule has 0 aliphatic rings. The van der Waals surface area contributed by atoms with Crippen LogP contribution in [0.4, 0.5) is 10.6 Å². The van der Waals surface area contributed by atoms with Crippen LogP contribution in [0.2, 0.25) is 0 Å². The van der Waals surface area contributed by atoms with E-state index in [1.165, 1.54) is 17.7 Å². The standard InChI is InChI=1S/C8H7N5OS/c14-8(12-7-5-10-13-15-7)11-6-3-1-2-4-9-6/h1-5,13H,(H,9,11,14). The molecule has 0 saturated heterocycles. The monoisotopic (exact) mass is 221 g/mol. The first-order chi connectivity index (χ1) is 7.34. The first-order valence-electron chi connectivity index (χ1n) is 4.10. The van der Waals surface area contributed by atoms with Crippen LogP contribution in [0.25, 0.3) is 0 Å². The molecule has 0 radical (unpaired) electrons. The van der Waals surface area contributed by atoms with Crippen LogP contribution in [-0.2, 0) is 0 Å². The number of rotatable bonds is 1. The Bertz CT molecular complexity index is 486. The van der Waals surface area contributed by atoms with Crippen LogP contribution in [0.3, 0.4) is 0 Å². The van der Waals surface area contributed by atoms with Crippen LogP contribution >= 0.6 is 11.5 Å². The average molecular weight is 221 g/mol. The third kappa shape index (κ3) is 2.71. The van der Waals surface area contributed by atoms with E-state index in [0.717, 1.165) is 0 Å². The molecule has 15 heavy (non-hydrogen) atoms. The molecule has 6 nitrogen and oxygen atoms in total. The summed E-state index contributed by atoms with van der Waals surface area (Å²) in [5.41, 5.74) is 0. The van der Waals surface area contributed by atoms with Crippen molar-refractivity contribution in [3.05, 3.63) is 35.3 Å². The molecule has 2 aromatic heterocycles. The van der Waals surface area contributed by atoms with Gasteiger partial charge in [-0.2, -0.15) is 10.1 Å². The van der Waals surface area contributed by atoms with E-state index in [4.69, 9.17) is 0 Å². The molecule has 2 amide bonds. The van der Waals surface area contributed by atoms with Crippen molar-refractivity contribution in [3.63, 3.8) is 0 Å². The van der Waals surface area contributed by atoms with Gasteiger partial charge in [0, 0.05) is 6.20 Å². The minimum Gasteiger partial charge on any atom is -0.290 e. The Morgan fingerprint density at radius 2 is 2.47 bits per heavy atom. The second-order valence-electron chi connectivity index (χ2n) is 2.55. The third-order valence-electron chi connectivity index (χ3n) is 1.49. The maximum atomic E-state index is 11.3. The SMILES string of the molecule is O=C(N=c1cn[nH]s1)Nc1ccccn1. The highest BCUT2D eigenvalue weighted by atomic mass is 32.1. The molecule has 2 rings (SSSR count). The Kier molecular flexibility index (Phi) is 2.84. The van der Waals surface area contributed by atoms with Crippen LogP contribution in [0, 0.1) is 0 Å². The summed E-state index contributed by atoms with van der Waals surface area (Å²) in [6.07, 6.45) is 3.07. The second kappa shape index (κ2) is 4.47. The zero-order valence-corrected chi connectivity index (χ0v) is 8.36. The van der Waals surface area contributed by atoms with Gasteiger partial charge in [-0.1, -0.05) is 6.07 Å². The predicted molar refractivity (Wildman–Crippen MR) is 55.3 cm³/mol. The predicted octanol–water partition coefficient (Wildman–Crippen LogP) is 0.999. The van der Waals surface area contributed by atoms with E-state index in [1.807, 2.05) is 0 Å². The lowest BCUT2D eigenvalue weighted by Crippen LogP contribution is -2.10. The largest absolute Gasteiger partial charge is 0.347 e. The molecule has 0 aliphatic heterocycles. The Balaban J connectivity index is 2.09. The molecule has 7 heteroatoms. The number of urea groups is 1. The number of H-pyrrole nitrogens is 1. The van der Waals surface area contributed by atoms with Gasteiger partial charge < -0.3 is 0 Å². The molecule has 0 saturated carbocycles. The molecular weight excluding hydrogens is 214 g/mol. The zero-order valence-electron chi connectivity index (χ0n) is 7.54. The molecule has 0 aromatic carbocycles. The lowest BCUT2D eigenvalue weighted by atomic mass is 10.5. The van der Waals surface area contributed by atoms with Gasteiger partial charge in [-0.25, -0.2) is 14.3 Å². The zero-order chi connectivity index (χ0) is 10.5. The van der Waals surface area contributed by atoms with Crippen molar-refractivity contribution in [3.8, 4) is 0 Å². The molecule has 0 fully saturated rings. The molecule has 0 atom stereocenters. The fourth-order valence-corrected chi connectivity index (χ4v) is 1.34. The number of amides is 2. The molecular formula is C8H7N5OS. The van der Waals surface area contributed by atoms with Crippen LogP contribution in [0.1, 0.15) is 0 Å². The smallest absolute Gasteiger partial charge is 0.290 e. The molecule has 2 N–H and O–H groups in total. The van der Waals surface area contributed by atoms with E-state index < -0.39 is 6.03 Å². The molecule has 0 bridgehead atoms. The average Bonchev–Trinajstić information content (AvgIpc) is 2.71. The summed E-state index contributed by atoms with van der Waals surface area (Å²) in [6.45, 7) is 0. The Hall–Kier alpha value is -2.02. The van der Waals surface area contributed by atoms with E-state index in [-0.39, 0.29) is 0 Å². The number of nitrogens with one attached hydrogen (secondary N) is 2. The lowest BCUT2D eigenvalue weighted by molar-refractivity contribution is 0.259. The minimum atomic E-state index is -0.466. The summed E-state index contributed by atoms with van der Waals surface area (Å²) in [6, 6.07) is 4.77. The molecule has 0 unspecified atom stereocenters. The normalized spacial score (nSPS) is 11.3. The minimum absolute atomic E-state index is 0.466. The van der Waals surface area contributed by atoms with E-state index in [9.17, 15) is 4.79 Å². The van der Waals surface area contributed by atoms with Crippen molar-refractivity contribution in [2.45, 2.75) is 0 Å². The van der Waals surface area contributed by atoms with Crippen molar-refractivity contribution in [1.29, 1.82) is 0 Å². The second-order valence-corrected chi connectivity index (χ2v) is 3.35. The molecule has 0 spiro atoms. The van der Waals surface area contributed by atoms with Crippen LogP contribution in [0.15, 0.2) is 35.6 Å². The van der Waals surface area contributed by atoms with Crippen LogP contribution in [-0.4, -0.2) is 20.6 Å². The van der Waals surface area contributed by atoms with Gasteiger partial charge in [0.25, 0.3) is 0 Å². The molecule has 0 aliphatic carbocycles. The number of carbonyl (C=O) groups is 1. The first-order valence-corrected chi connectivity index (χ1v) is 4.92. The number of carbonyl (C=O) groups excluding carboxylic acids is 1. The van der Waals surface area contributed by atoms with E-state index in [1.54, 1.807) is 24.4 Å². The van der Waals surface area contributed by atoms with Gasteiger partial charge in [0.2, 0.25) is 0 Å².